The van der Waals surface area contributed by atoms with Gasteiger partial charge in [-0.15, -0.1) is 0 Å². The topological polar surface area (TPSA) is 68.9 Å². The van der Waals surface area contributed by atoms with Crippen molar-refractivity contribution in [1.29, 1.82) is 0 Å². The Morgan fingerprint density at radius 1 is 1.14 bits per heavy atom. The van der Waals surface area contributed by atoms with E-state index in [0.29, 0.717) is 11.5 Å². The van der Waals surface area contributed by atoms with Crippen LogP contribution in [0.4, 0.5) is 0 Å². The lowest BCUT2D eigenvalue weighted by atomic mass is 10.0. The number of aliphatic imine (C=N–C) groups is 1. The molecule has 3 heterocycles. The van der Waals surface area contributed by atoms with Crippen LogP contribution >= 0.6 is 11.8 Å². The summed E-state index contributed by atoms with van der Waals surface area (Å²) >= 11 is 1.42. The zero-order valence-electron chi connectivity index (χ0n) is 21.0. The molecule has 1 amide bonds. The number of amides is 1. The Morgan fingerprint density at radius 2 is 1.89 bits per heavy atom. The molecule has 2 atom stereocenters. The summed E-state index contributed by atoms with van der Waals surface area (Å²) < 4.78 is 13.4. The minimum atomic E-state index is -0.219. The Labute approximate surface area is 215 Å². The fourth-order valence-corrected chi connectivity index (χ4v) is 5.50. The van der Waals surface area contributed by atoms with Crippen LogP contribution in [-0.4, -0.2) is 57.7 Å². The van der Waals surface area contributed by atoms with Gasteiger partial charge in [0.1, 0.15) is 11.4 Å². The van der Waals surface area contributed by atoms with Crippen molar-refractivity contribution in [2.45, 2.75) is 39.9 Å². The van der Waals surface area contributed by atoms with Crippen molar-refractivity contribution < 1.29 is 14.3 Å². The second-order valence-electron chi connectivity index (χ2n) is 9.10. The molecular weight excluding hydrogens is 472 g/mol. The number of aromatic nitrogens is 2. The fraction of sp³-hybridized carbons (Fsp3) is 0.321. The largest absolute Gasteiger partial charge is 0.494 e. The number of benzene rings is 2. The first kappa shape index (κ1) is 24.3. The summed E-state index contributed by atoms with van der Waals surface area (Å²) in [5.74, 6) is 0.610. The Morgan fingerprint density at radius 3 is 2.58 bits per heavy atom. The fourth-order valence-electron chi connectivity index (χ4n) is 4.58. The minimum absolute atomic E-state index is 0.0959. The number of nitrogens with zero attached hydrogens (tertiary/aromatic N) is 4. The van der Waals surface area contributed by atoms with Crippen LogP contribution < -0.4 is 4.74 Å². The summed E-state index contributed by atoms with van der Waals surface area (Å²) in [6.45, 7) is 10.2. The summed E-state index contributed by atoms with van der Waals surface area (Å²) in [6.07, 6.45) is 4.07. The van der Waals surface area contributed by atoms with E-state index in [1.54, 1.807) is 0 Å². The van der Waals surface area contributed by atoms with E-state index in [1.807, 2.05) is 93.2 Å². The highest BCUT2D eigenvalue weighted by Crippen LogP contribution is 2.35. The molecule has 36 heavy (non-hydrogen) atoms. The molecule has 0 spiro atoms. The van der Waals surface area contributed by atoms with Gasteiger partial charge in [-0.1, -0.05) is 18.2 Å². The monoisotopic (exact) mass is 502 g/mol. The van der Waals surface area contributed by atoms with Crippen LogP contribution in [0.2, 0.25) is 0 Å². The number of aryl methyl sites for hydroxylation is 1. The number of morpholine rings is 1. The van der Waals surface area contributed by atoms with Gasteiger partial charge in [-0.3, -0.25) is 4.79 Å². The van der Waals surface area contributed by atoms with Gasteiger partial charge in [0.25, 0.3) is 5.91 Å². The lowest BCUT2D eigenvalue weighted by Gasteiger charge is -2.35. The highest BCUT2D eigenvalue weighted by Gasteiger charge is 2.31. The Hall–Kier alpha value is -3.36. The third-order valence-corrected chi connectivity index (χ3v) is 7.16. The normalized spacial score (nSPS) is 21.2. The first-order chi connectivity index (χ1) is 17.4. The third-order valence-electron chi connectivity index (χ3n) is 6.11. The molecule has 5 rings (SSSR count). The number of carbonyl (C=O) groups excluding carboxylic acids is 1. The van der Waals surface area contributed by atoms with E-state index in [9.17, 15) is 4.79 Å². The number of ether oxygens (including phenoxy) is 2. The molecule has 2 aromatic carbocycles. The van der Waals surface area contributed by atoms with Crippen molar-refractivity contribution >= 4 is 28.9 Å². The standard InChI is InChI=1S/C28H30N4O3S/c1-5-34-23-11-12-24(18(2)13-23)26-21(17-32(30-26)22-9-7-6-8-10-22)14-25-27(33)29-28(36-25)31-15-19(3)35-20(4)16-31/h6-14,17,19-20H,5,15-16H2,1-4H3. The maximum atomic E-state index is 12.9. The molecule has 2 aliphatic rings. The molecule has 2 aliphatic heterocycles. The SMILES string of the molecule is CCOc1ccc(-c2nn(-c3ccccc3)cc2C=C2SC(N3CC(C)OC(C)C3)=NC2=O)c(C)c1. The number of para-hydroxylation sites is 1. The summed E-state index contributed by atoms with van der Waals surface area (Å²) in [5, 5.41) is 5.67. The maximum absolute atomic E-state index is 12.9. The molecule has 8 heteroatoms. The number of thioether (sulfide) groups is 1. The Balaban J connectivity index is 1.51. The Bertz CT molecular complexity index is 1320. The van der Waals surface area contributed by atoms with Crippen molar-refractivity contribution in [1.82, 2.24) is 14.7 Å². The zero-order chi connectivity index (χ0) is 25.2. The Kier molecular flexibility index (Phi) is 6.98. The van der Waals surface area contributed by atoms with Crippen LogP contribution in [0.25, 0.3) is 23.0 Å². The quantitative estimate of drug-likeness (QED) is 0.440. The zero-order valence-corrected chi connectivity index (χ0v) is 21.8. The number of hydrogen-bond donors (Lipinski definition) is 0. The van der Waals surface area contributed by atoms with Gasteiger partial charge < -0.3 is 14.4 Å². The van der Waals surface area contributed by atoms with Gasteiger partial charge in [-0.25, -0.2) is 4.68 Å². The molecule has 3 aromatic rings. The van der Waals surface area contributed by atoms with Gasteiger partial charge in [-0.2, -0.15) is 10.1 Å². The van der Waals surface area contributed by atoms with Gasteiger partial charge in [0.05, 0.1) is 29.4 Å². The van der Waals surface area contributed by atoms with E-state index in [-0.39, 0.29) is 18.1 Å². The van der Waals surface area contributed by atoms with Gasteiger partial charge in [0, 0.05) is 30.4 Å². The number of hydrogen-bond acceptors (Lipinski definition) is 6. The van der Waals surface area contributed by atoms with Crippen molar-refractivity contribution in [3.05, 3.63) is 70.8 Å². The summed E-state index contributed by atoms with van der Waals surface area (Å²) in [5.41, 5.74) is 4.67. The van der Waals surface area contributed by atoms with E-state index >= 15 is 0 Å². The number of amidine groups is 1. The molecule has 1 fully saturated rings. The van der Waals surface area contributed by atoms with Gasteiger partial charge in [0.2, 0.25) is 0 Å². The smallest absolute Gasteiger partial charge is 0.286 e. The van der Waals surface area contributed by atoms with Crippen molar-refractivity contribution in [3.8, 4) is 22.7 Å². The lowest BCUT2D eigenvalue weighted by Crippen LogP contribution is -2.47. The van der Waals surface area contributed by atoms with Gasteiger partial charge >= 0.3 is 0 Å². The highest BCUT2D eigenvalue weighted by molar-refractivity contribution is 8.18. The predicted octanol–water partition coefficient (Wildman–Crippen LogP) is 5.33. The second kappa shape index (κ2) is 10.3. The van der Waals surface area contributed by atoms with E-state index in [4.69, 9.17) is 14.6 Å². The van der Waals surface area contributed by atoms with Crippen LogP contribution in [0, 0.1) is 6.92 Å². The minimum Gasteiger partial charge on any atom is -0.494 e. The first-order valence-corrected chi connectivity index (χ1v) is 13.0. The van der Waals surface area contributed by atoms with Crippen LogP contribution in [0.3, 0.4) is 0 Å². The first-order valence-electron chi connectivity index (χ1n) is 12.2. The molecular formula is C28H30N4O3S. The van der Waals surface area contributed by atoms with Crippen LogP contribution in [-0.2, 0) is 9.53 Å². The van der Waals surface area contributed by atoms with Crippen LogP contribution in [0.15, 0.2) is 64.6 Å². The highest BCUT2D eigenvalue weighted by atomic mass is 32.2. The van der Waals surface area contributed by atoms with Crippen molar-refractivity contribution in [2.24, 2.45) is 4.99 Å². The molecule has 0 radical (unpaired) electrons. The third kappa shape index (κ3) is 5.10. The molecule has 1 saturated heterocycles. The molecule has 0 aliphatic carbocycles. The summed E-state index contributed by atoms with van der Waals surface area (Å²) in [4.78, 5) is 20.0. The van der Waals surface area contributed by atoms with E-state index in [1.165, 1.54) is 11.8 Å². The maximum Gasteiger partial charge on any atom is 0.286 e. The summed E-state index contributed by atoms with van der Waals surface area (Å²) in [6, 6.07) is 16.0. The van der Waals surface area contributed by atoms with Crippen LogP contribution in [0.5, 0.6) is 5.75 Å². The molecule has 7 nitrogen and oxygen atoms in total. The number of rotatable bonds is 5. The van der Waals surface area contributed by atoms with Crippen LogP contribution in [0.1, 0.15) is 31.9 Å². The number of carbonyl (C=O) groups is 1. The molecule has 0 bridgehead atoms. The molecule has 2 unspecified atom stereocenters. The molecule has 0 saturated carbocycles. The predicted molar refractivity (Wildman–Crippen MR) is 144 cm³/mol. The van der Waals surface area contributed by atoms with Gasteiger partial charge in [0.15, 0.2) is 5.17 Å². The van der Waals surface area contributed by atoms with E-state index in [0.717, 1.165) is 52.1 Å². The lowest BCUT2D eigenvalue weighted by molar-refractivity contribution is -0.113. The average Bonchev–Trinajstić information content (AvgIpc) is 3.43. The second-order valence-corrected chi connectivity index (χ2v) is 10.1. The average molecular weight is 503 g/mol. The van der Waals surface area contributed by atoms with Crippen molar-refractivity contribution in [2.75, 3.05) is 19.7 Å². The van der Waals surface area contributed by atoms with E-state index < -0.39 is 0 Å². The van der Waals surface area contributed by atoms with Crippen molar-refractivity contribution in [3.63, 3.8) is 0 Å². The van der Waals surface area contributed by atoms with Gasteiger partial charge in [-0.05, 0) is 81.4 Å². The van der Waals surface area contributed by atoms with E-state index in [2.05, 4.69) is 9.89 Å². The summed E-state index contributed by atoms with van der Waals surface area (Å²) in [7, 11) is 0. The molecule has 0 N–H and O–H groups in total. The molecule has 1 aromatic heterocycles. The molecule has 186 valence electrons.